The van der Waals surface area contributed by atoms with E-state index in [0.29, 0.717) is 11.4 Å². The van der Waals surface area contributed by atoms with E-state index in [-0.39, 0.29) is 11.6 Å². The Kier molecular flexibility index (Phi) is 5.41. The number of nitrogens with zero attached hydrogens (tertiary/aromatic N) is 5. The molecule has 0 spiro atoms. The Bertz CT molecular complexity index is 1330. The predicted octanol–water partition coefficient (Wildman–Crippen LogP) is 4.42. The second-order valence-corrected chi connectivity index (χ2v) is 9.25. The minimum absolute atomic E-state index is 0.214. The fourth-order valence-electron chi connectivity index (χ4n) is 5.58. The molecule has 2 aliphatic rings. The van der Waals surface area contributed by atoms with E-state index in [4.69, 9.17) is 0 Å². The zero-order chi connectivity index (χ0) is 23.1. The van der Waals surface area contributed by atoms with Crippen molar-refractivity contribution < 1.29 is 9.50 Å². The molecule has 0 unspecified atom stereocenters. The normalized spacial score (nSPS) is 18.1. The summed E-state index contributed by atoms with van der Waals surface area (Å²) in [4.78, 5) is 16.3. The van der Waals surface area contributed by atoms with E-state index in [9.17, 15) is 9.50 Å². The minimum Gasteiger partial charge on any atom is -0.508 e. The molecule has 0 radical (unpaired) electrons. The van der Waals surface area contributed by atoms with Gasteiger partial charge in [0.1, 0.15) is 11.6 Å². The molecule has 2 fully saturated rings. The first-order valence-corrected chi connectivity index (χ1v) is 12.0. The highest BCUT2D eigenvalue weighted by molar-refractivity contribution is 5.92. The van der Waals surface area contributed by atoms with Crippen LogP contribution in [-0.2, 0) is 0 Å². The summed E-state index contributed by atoms with van der Waals surface area (Å²) in [5.41, 5.74) is 3.74. The number of fused-ring (bicyclic) bond motifs is 2. The van der Waals surface area contributed by atoms with Gasteiger partial charge in [0.15, 0.2) is 0 Å². The predicted molar refractivity (Wildman–Crippen MR) is 134 cm³/mol. The fourth-order valence-corrected chi connectivity index (χ4v) is 5.58. The van der Waals surface area contributed by atoms with Crippen molar-refractivity contribution in [3.8, 4) is 5.75 Å². The first-order chi connectivity index (χ1) is 16.7. The molecule has 174 valence electrons. The molecule has 2 aromatic carbocycles. The third kappa shape index (κ3) is 3.80. The summed E-state index contributed by atoms with van der Waals surface area (Å²) in [6, 6.07) is 15.1. The number of aromatic nitrogens is 2. The van der Waals surface area contributed by atoms with Crippen molar-refractivity contribution in [2.45, 2.75) is 18.9 Å². The molecule has 7 heteroatoms. The third-order valence-electron chi connectivity index (χ3n) is 7.34. The van der Waals surface area contributed by atoms with Gasteiger partial charge < -0.3 is 14.9 Å². The van der Waals surface area contributed by atoms with E-state index >= 15 is 0 Å². The largest absolute Gasteiger partial charge is 0.508 e. The molecular formula is C27H28FN5O. The lowest BCUT2D eigenvalue weighted by Crippen LogP contribution is -2.53. The second kappa shape index (κ2) is 8.72. The highest BCUT2D eigenvalue weighted by Gasteiger charge is 2.29. The van der Waals surface area contributed by atoms with E-state index < -0.39 is 0 Å². The Morgan fingerprint density at radius 1 is 0.765 bits per heavy atom. The maximum Gasteiger partial charge on any atom is 0.132 e. The summed E-state index contributed by atoms with van der Waals surface area (Å²) >= 11 is 0. The molecule has 2 saturated heterocycles. The van der Waals surface area contributed by atoms with Gasteiger partial charge in [-0.3, -0.25) is 14.9 Å². The van der Waals surface area contributed by atoms with Crippen LogP contribution in [0.2, 0.25) is 0 Å². The van der Waals surface area contributed by atoms with Gasteiger partial charge in [-0.15, -0.1) is 0 Å². The van der Waals surface area contributed by atoms with Crippen molar-refractivity contribution in [2.24, 2.45) is 0 Å². The van der Waals surface area contributed by atoms with Crippen LogP contribution in [-0.4, -0.2) is 65.3 Å². The summed E-state index contributed by atoms with van der Waals surface area (Å²) in [5.74, 6) is 0.0717. The quantitative estimate of drug-likeness (QED) is 0.492. The second-order valence-electron chi connectivity index (χ2n) is 9.25. The van der Waals surface area contributed by atoms with Crippen LogP contribution in [0.15, 0.2) is 60.9 Å². The Morgan fingerprint density at radius 2 is 1.47 bits per heavy atom. The maximum absolute atomic E-state index is 14.2. The van der Waals surface area contributed by atoms with E-state index in [1.807, 2.05) is 30.5 Å². The first kappa shape index (κ1) is 21.1. The molecule has 0 bridgehead atoms. The first-order valence-electron chi connectivity index (χ1n) is 12.0. The summed E-state index contributed by atoms with van der Waals surface area (Å²) in [6.07, 6.45) is 5.72. The molecule has 6 rings (SSSR count). The zero-order valence-electron chi connectivity index (χ0n) is 19.1. The molecule has 4 aromatic rings. The zero-order valence-corrected chi connectivity index (χ0v) is 19.1. The molecule has 2 aromatic heterocycles. The van der Waals surface area contributed by atoms with Crippen molar-refractivity contribution in [1.29, 1.82) is 0 Å². The number of phenolic OH excluding ortho intramolecular Hbond substituents is 1. The summed E-state index contributed by atoms with van der Waals surface area (Å²) in [7, 11) is 0. The Balaban J connectivity index is 1.12. The van der Waals surface area contributed by atoms with E-state index in [1.165, 1.54) is 0 Å². The molecule has 2 aliphatic heterocycles. The number of hydrogen-bond acceptors (Lipinski definition) is 6. The van der Waals surface area contributed by atoms with Crippen molar-refractivity contribution in [2.75, 3.05) is 49.1 Å². The summed E-state index contributed by atoms with van der Waals surface area (Å²) < 4.78 is 14.2. The van der Waals surface area contributed by atoms with Gasteiger partial charge in [0.2, 0.25) is 0 Å². The molecular weight excluding hydrogens is 429 g/mol. The summed E-state index contributed by atoms with van der Waals surface area (Å²) in [6.45, 7) is 5.72. The SMILES string of the molecule is Oc1cc(N2CCN(C3CCN(c4ccc(F)c5cccnc45)CC3)CC2)c2ncccc2c1. The highest BCUT2D eigenvalue weighted by Crippen LogP contribution is 2.33. The van der Waals surface area contributed by atoms with Crippen LogP contribution in [0.5, 0.6) is 5.75 Å². The lowest BCUT2D eigenvalue weighted by Gasteiger charge is -2.44. The number of rotatable bonds is 3. The van der Waals surface area contributed by atoms with Crippen LogP contribution in [0.3, 0.4) is 0 Å². The van der Waals surface area contributed by atoms with Crippen LogP contribution in [0.25, 0.3) is 21.8 Å². The van der Waals surface area contributed by atoms with Crippen LogP contribution < -0.4 is 9.80 Å². The van der Waals surface area contributed by atoms with Crippen LogP contribution >= 0.6 is 0 Å². The number of benzene rings is 2. The van der Waals surface area contributed by atoms with Gasteiger partial charge in [0.25, 0.3) is 0 Å². The number of hydrogen-bond donors (Lipinski definition) is 1. The third-order valence-corrected chi connectivity index (χ3v) is 7.34. The van der Waals surface area contributed by atoms with Crippen LogP contribution in [0.1, 0.15) is 12.8 Å². The van der Waals surface area contributed by atoms with Gasteiger partial charge in [-0.1, -0.05) is 6.07 Å². The van der Waals surface area contributed by atoms with Gasteiger partial charge in [-0.2, -0.15) is 0 Å². The summed E-state index contributed by atoms with van der Waals surface area (Å²) in [5, 5.41) is 11.8. The van der Waals surface area contributed by atoms with Crippen molar-refractivity contribution in [1.82, 2.24) is 14.9 Å². The smallest absolute Gasteiger partial charge is 0.132 e. The lowest BCUT2D eigenvalue weighted by molar-refractivity contribution is 0.160. The molecule has 1 N–H and O–H groups in total. The average Bonchev–Trinajstić information content (AvgIpc) is 2.89. The topological polar surface area (TPSA) is 55.7 Å². The monoisotopic (exact) mass is 457 g/mol. The van der Waals surface area contributed by atoms with Crippen LogP contribution in [0.4, 0.5) is 15.8 Å². The maximum atomic E-state index is 14.2. The fraction of sp³-hybridized carbons (Fsp3) is 0.333. The average molecular weight is 458 g/mol. The van der Waals surface area contributed by atoms with Crippen molar-refractivity contribution in [3.05, 3.63) is 66.7 Å². The van der Waals surface area contributed by atoms with Gasteiger partial charge >= 0.3 is 0 Å². The molecule has 0 amide bonds. The van der Waals surface area contributed by atoms with E-state index in [1.54, 1.807) is 30.5 Å². The number of pyridine rings is 2. The molecule has 0 aliphatic carbocycles. The van der Waals surface area contributed by atoms with E-state index in [0.717, 1.165) is 79.9 Å². The number of anilines is 2. The minimum atomic E-state index is -0.214. The van der Waals surface area contributed by atoms with E-state index in [2.05, 4.69) is 24.7 Å². The van der Waals surface area contributed by atoms with Crippen molar-refractivity contribution in [3.63, 3.8) is 0 Å². The van der Waals surface area contributed by atoms with Crippen molar-refractivity contribution >= 4 is 33.2 Å². The molecule has 6 nitrogen and oxygen atoms in total. The number of piperidine rings is 1. The number of halogens is 1. The highest BCUT2D eigenvalue weighted by atomic mass is 19.1. The molecule has 0 atom stereocenters. The molecule has 0 saturated carbocycles. The lowest BCUT2D eigenvalue weighted by atomic mass is 10.0. The Morgan fingerprint density at radius 3 is 2.26 bits per heavy atom. The number of phenols is 1. The van der Waals surface area contributed by atoms with Gasteiger partial charge in [0.05, 0.1) is 22.4 Å². The molecule has 4 heterocycles. The van der Waals surface area contributed by atoms with Gasteiger partial charge in [-0.25, -0.2) is 4.39 Å². The van der Waals surface area contributed by atoms with Gasteiger partial charge in [0, 0.05) is 74.5 Å². The van der Waals surface area contributed by atoms with Crippen LogP contribution in [0, 0.1) is 5.82 Å². The Labute approximate surface area is 198 Å². The number of piperazine rings is 1. The standard InChI is InChI=1S/C27H28FN5O/c28-23-5-6-24(27-22(23)4-2-10-30-27)32-11-7-20(8-12-32)31-13-15-33(16-14-31)25-18-21(34)17-19-3-1-9-29-26(19)25/h1-6,9-10,17-18,20,34H,7-8,11-16H2. The Hall–Kier alpha value is -3.45. The van der Waals surface area contributed by atoms with Gasteiger partial charge in [-0.05, 0) is 49.2 Å². The number of aromatic hydroxyl groups is 1. The molecule has 34 heavy (non-hydrogen) atoms.